The molecule has 1 saturated heterocycles. The summed E-state index contributed by atoms with van der Waals surface area (Å²) < 4.78 is 35.1. The van der Waals surface area contributed by atoms with Gasteiger partial charge in [-0.2, -0.15) is 9.40 Å². The first-order chi connectivity index (χ1) is 12.4. The van der Waals surface area contributed by atoms with Crippen molar-refractivity contribution in [2.75, 3.05) is 6.54 Å². The Morgan fingerprint density at radius 2 is 2.08 bits per heavy atom. The van der Waals surface area contributed by atoms with Crippen LogP contribution >= 0.6 is 11.3 Å². The average Bonchev–Trinajstić information content (AvgIpc) is 3.35. The molecule has 0 spiro atoms. The summed E-state index contributed by atoms with van der Waals surface area (Å²) >= 11 is 1.57. The third kappa shape index (κ3) is 2.78. The monoisotopic (exact) mass is 393 g/mol. The molecule has 0 N–H and O–H groups in total. The van der Waals surface area contributed by atoms with Gasteiger partial charge in [0.25, 0.3) is 5.89 Å². The van der Waals surface area contributed by atoms with Crippen LogP contribution in [0.25, 0.3) is 10.8 Å². The van der Waals surface area contributed by atoms with Gasteiger partial charge in [-0.1, -0.05) is 0 Å². The van der Waals surface area contributed by atoms with Crippen LogP contribution in [-0.4, -0.2) is 39.2 Å². The molecule has 0 bridgehead atoms. The SMILES string of the molecule is Cc1ccc(-c2nnc([C@H]3CCCN3S(=O)(=O)c3cnn(C)c3C)o2)s1. The average molecular weight is 393 g/mol. The molecule has 0 radical (unpaired) electrons. The number of thiophene rings is 1. The lowest BCUT2D eigenvalue weighted by molar-refractivity contribution is 0.332. The van der Waals surface area contributed by atoms with Gasteiger partial charge in [-0.25, -0.2) is 8.42 Å². The first-order valence-electron chi connectivity index (χ1n) is 8.28. The number of rotatable bonds is 4. The molecular formula is C16H19N5O3S2. The summed E-state index contributed by atoms with van der Waals surface area (Å²) in [5.41, 5.74) is 0.607. The van der Waals surface area contributed by atoms with E-state index >= 15 is 0 Å². The van der Waals surface area contributed by atoms with Crippen LogP contribution in [0.2, 0.25) is 0 Å². The maximum atomic E-state index is 13.1. The number of aryl methyl sites for hydroxylation is 2. The van der Waals surface area contributed by atoms with E-state index < -0.39 is 16.1 Å². The highest BCUT2D eigenvalue weighted by molar-refractivity contribution is 7.89. The van der Waals surface area contributed by atoms with Crippen molar-refractivity contribution in [2.24, 2.45) is 7.05 Å². The van der Waals surface area contributed by atoms with Gasteiger partial charge >= 0.3 is 0 Å². The number of nitrogens with zero attached hydrogens (tertiary/aromatic N) is 5. The number of hydrogen-bond acceptors (Lipinski definition) is 7. The van der Waals surface area contributed by atoms with E-state index in [0.29, 0.717) is 30.4 Å². The van der Waals surface area contributed by atoms with Crippen molar-refractivity contribution in [3.63, 3.8) is 0 Å². The fraction of sp³-hybridized carbons (Fsp3) is 0.438. The van der Waals surface area contributed by atoms with Gasteiger partial charge in [-0.15, -0.1) is 21.5 Å². The van der Waals surface area contributed by atoms with E-state index in [1.807, 2.05) is 19.1 Å². The molecule has 0 aromatic carbocycles. The Morgan fingerprint density at radius 1 is 1.27 bits per heavy atom. The summed E-state index contributed by atoms with van der Waals surface area (Å²) in [5.74, 6) is 0.772. The lowest BCUT2D eigenvalue weighted by Crippen LogP contribution is -2.31. The molecule has 138 valence electrons. The van der Waals surface area contributed by atoms with E-state index in [9.17, 15) is 8.42 Å². The number of hydrogen-bond donors (Lipinski definition) is 0. The molecule has 8 nitrogen and oxygen atoms in total. The molecule has 0 amide bonds. The molecule has 10 heteroatoms. The number of aromatic nitrogens is 4. The summed E-state index contributed by atoms with van der Waals surface area (Å²) in [6.07, 6.45) is 2.80. The maximum Gasteiger partial charge on any atom is 0.257 e. The van der Waals surface area contributed by atoms with Crippen LogP contribution in [0, 0.1) is 13.8 Å². The van der Waals surface area contributed by atoms with Gasteiger partial charge < -0.3 is 4.42 Å². The van der Waals surface area contributed by atoms with Gasteiger partial charge in [0.05, 0.1) is 16.8 Å². The minimum absolute atomic E-state index is 0.223. The Hall–Kier alpha value is -2.04. The minimum Gasteiger partial charge on any atom is -0.418 e. The molecule has 1 atom stereocenters. The fourth-order valence-corrected chi connectivity index (χ4v) is 5.78. The van der Waals surface area contributed by atoms with Gasteiger partial charge in [0.2, 0.25) is 15.9 Å². The van der Waals surface area contributed by atoms with Crippen LogP contribution in [0.1, 0.15) is 35.3 Å². The van der Waals surface area contributed by atoms with Crippen molar-refractivity contribution in [3.8, 4) is 10.8 Å². The van der Waals surface area contributed by atoms with Gasteiger partial charge in [0.15, 0.2) is 0 Å². The Balaban J connectivity index is 1.67. The fourth-order valence-electron chi connectivity index (χ4n) is 3.15. The minimum atomic E-state index is -3.67. The molecule has 1 aliphatic rings. The third-order valence-corrected chi connectivity index (χ3v) is 7.66. The van der Waals surface area contributed by atoms with E-state index in [1.165, 1.54) is 10.5 Å². The van der Waals surface area contributed by atoms with Gasteiger partial charge in [-0.05, 0) is 38.8 Å². The molecule has 26 heavy (non-hydrogen) atoms. The van der Waals surface area contributed by atoms with Gasteiger partial charge in [0.1, 0.15) is 10.9 Å². The lowest BCUT2D eigenvalue weighted by Gasteiger charge is -2.21. The van der Waals surface area contributed by atoms with Crippen molar-refractivity contribution in [1.29, 1.82) is 0 Å². The predicted molar refractivity (Wildman–Crippen MR) is 96.2 cm³/mol. The topological polar surface area (TPSA) is 94.1 Å². The van der Waals surface area contributed by atoms with Crippen LogP contribution in [0.5, 0.6) is 0 Å². The van der Waals surface area contributed by atoms with Crippen LogP contribution in [0.3, 0.4) is 0 Å². The first-order valence-corrected chi connectivity index (χ1v) is 10.5. The maximum absolute atomic E-state index is 13.1. The van der Waals surface area contributed by atoms with E-state index in [2.05, 4.69) is 15.3 Å². The lowest BCUT2D eigenvalue weighted by atomic mass is 10.2. The molecule has 0 aliphatic carbocycles. The van der Waals surface area contributed by atoms with E-state index in [4.69, 9.17) is 4.42 Å². The normalized spacial score (nSPS) is 18.7. The Morgan fingerprint density at radius 3 is 2.73 bits per heavy atom. The zero-order chi connectivity index (χ0) is 18.5. The summed E-state index contributed by atoms with van der Waals surface area (Å²) in [7, 11) is -1.95. The van der Waals surface area contributed by atoms with Gasteiger partial charge in [-0.3, -0.25) is 4.68 Å². The highest BCUT2D eigenvalue weighted by atomic mass is 32.2. The van der Waals surface area contributed by atoms with E-state index in [-0.39, 0.29) is 4.90 Å². The molecule has 3 aromatic heterocycles. The van der Waals surface area contributed by atoms with E-state index in [0.717, 1.165) is 16.2 Å². The van der Waals surface area contributed by atoms with Crippen LogP contribution < -0.4 is 0 Å². The highest BCUT2D eigenvalue weighted by Gasteiger charge is 2.40. The van der Waals surface area contributed by atoms with Crippen LogP contribution in [0.4, 0.5) is 0 Å². The third-order valence-electron chi connectivity index (χ3n) is 4.66. The zero-order valence-electron chi connectivity index (χ0n) is 14.7. The smallest absolute Gasteiger partial charge is 0.257 e. The van der Waals surface area contributed by atoms with Crippen molar-refractivity contribution in [1.82, 2.24) is 24.3 Å². The van der Waals surface area contributed by atoms with Crippen molar-refractivity contribution < 1.29 is 12.8 Å². The molecule has 1 fully saturated rings. The second kappa shape index (κ2) is 6.29. The molecule has 3 aromatic rings. The van der Waals surface area contributed by atoms with Crippen LogP contribution in [0.15, 0.2) is 27.6 Å². The largest absolute Gasteiger partial charge is 0.418 e. The molecule has 1 aliphatic heterocycles. The molecule has 4 rings (SSSR count). The van der Waals surface area contributed by atoms with Crippen molar-refractivity contribution in [3.05, 3.63) is 34.8 Å². The Bertz CT molecular complexity index is 1050. The summed E-state index contributed by atoms with van der Waals surface area (Å²) in [4.78, 5) is 2.26. The Kier molecular flexibility index (Phi) is 4.20. The van der Waals surface area contributed by atoms with Crippen molar-refractivity contribution >= 4 is 21.4 Å². The second-order valence-electron chi connectivity index (χ2n) is 6.35. The molecule has 0 saturated carbocycles. The first kappa shape index (κ1) is 17.4. The molecule has 0 unspecified atom stereocenters. The zero-order valence-corrected chi connectivity index (χ0v) is 16.3. The van der Waals surface area contributed by atoms with E-state index in [1.54, 1.807) is 30.0 Å². The summed E-state index contributed by atoms with van der Waals surface area (Å²) in [5, 5.41) is 12.3. The second-order valence-corrected chi connectivity index (χ2v) is 9.49. The highest BCUT2D eigenvalue weighted by Crippen LogP contribution is 2.38. The van der Waals surface area contributed by atoms with Crippen LogP contribution in [-0.2, 0) is 17.1 Å². The summed E-state index contributed by atoms with van der Waals surface area (Å²) in [6, 6.07) is 3.47. The Labute approximate surface area is 155 Å². The predicted octanol–water partition coefficient (Wildman–Crippen LogP) is 2.67. The number of sulfonamides is 1. The summed E-state index contributed by atoms with van der Waals surface area (Å²) in [6.45, 7) is 4.18. The van der Waals surface area contributed by atoms with Crippen molar-refractivity contribution in [2.45, 2.75) is 37.6 Å². The standard InChI is InChI=1S/C16H19N5O3S2/c1-10-6-7-13(25-10)16-19-18-15(24-16)12-5-4-8-21(12)26(22,23)14-9-17-20(3)11(14)2/h6-7,9,12H,4-5,8H2,1-3H3/t12-/m1/s1. The quantitative estimate of drug-likeness (QED) is 0.676. The molecular weight excluding hydrogens is 374 g/mol. The molecule has 4 heterocycles. The van der Waals surface area contributed by atoms with Gasteiger partial charge in [0, 0.05) is 18.5 Å².